The predicted molar refractivity (Wildman–Crippen MR) is 115 cm³/mol. The van der Waals surface area contributed by atoms with Crippen molar-refractivity contribution in [2.75, 3.05) is 0 Å². The molecule has 31 heavy (non-hydrogen) atoms. The Morgan fingerprint density at radius 3 is 1.74 bits per heavy atom. The van der Waals surface area contributed by atoms with Crippen molar-refractivity contribution in [3.63, 3.8) is 0 Å². The van der Waals surface area contributed by atoms with E-state index in [0.717, 1.165) is 12.1 Å². The average Bonchev–Trinajstić information content (AvgIpc) is 2.94. The van der Waals surface area contributed by atoms with Gasteiger partial charge in [-0.05, 0) is 72.5 Å². The van der Waals surface area contributed by atoms with Crippen LogP contribution in [0.5, 0.6) is 0 Å². The number of hydrogen-bond acceptors (Lipinski definition) is 4. The predicted octanol–water partition coefficient (Wildman–Crippen LogP) is 5.61. The minimum absolute atomic E-state index is 0.382. The third kappa shape index (κ3) is 4.34. The molecule has 4 nitrogen and oxygen atoms in total. The lowest BCUT2D eigenvalue weighted by atomic mass is 9.55. The van der Waals surface area contributed by atoms with Gasteiger partial charge in [0.15, 0.2) is 0 Å². The highest BCUT2D eigenvalue weighted by molar-refractivity contribution is 6.60. The van der Waals surface area contributed by atoms with Crippen LogP contribution in [-0.2, 0) is 24.8 Å². The van der Waals surface area contributed by atoms with E-state index in [2.05, 4.69) is 6.58 Å². The quantitative estimate of drug-likeness (QED) is 0.573. The van der Waals surface area contributed by atoms with Gasteiger partial charge in [0, 0.05) is 5.82 Å². The molecule has 0 amide bonds. The first-order chi connectivity index (χ1) is 13.9. The molecule has 0 aliphatic carbocycles. The van der Waals surface area contributed by atoms with Gasteiger partial charge in [-0.1, -0.05) is 18.2 Å². The highest BCUT2D eigenvalue weighted by atomic mass is 19.4. The highest BCUT2D eigenvalue weighted by Crippen LogP contribution is 2.46. The second kappa shape index (κ2) is 7.37. The summed E-state index contributed by atoms with van der Waals surface area (Å²) in [5.74, 6) is -0.724. The zero-order valence-corrected chi connectivity index (χ0v) is 19.5. The van der Waals surface area contributed by atoms with Crippen molar-refractivity contribution < 1.29 is 31.8 Å². The molecule has 0 spiro atoms. The molecule has 0 bridgehead atoms. The Morgan fingerprint density at radius 2 is 1.29 bits per heavy atom. The Balaban J connectivity index is 2.04. The van der Waals surface area contributed by atoms with E-state index < -0.39 is 54.2 Å². The van der Waals surface area contributed by atoms with E-state index in [4.69, 9.17) is 18.6 Å². The van der Waals surface area contributed by atoms with Crippen molar-refractivity contribution in [1.29, 1.82) is 0 Å². The summed E-state index contributed by atoms with van der Waals surface area (Å²) in [5, 5.41) is 0. The first-order valence-electron chi connectivity index (χ1n) is 10.5. The van der Waals surface area contributed by atoms with E-state index in [1.807, 2.05) is 55.4 Å². The summed E-state index contributed by atoms with van der Waals surface area (Å²) in [5.41, 5.74) is -2.46. The van der Waals surface area contributed by atoms with Gasteiger partial charge in [0.1, 0.15) is 0 Å². The summed E-state index contributed by atoms with van der Waals surface area (Å²) < 4.78 is 65.0. The number of alkyl halides is 3. The van der Waals surface area contributed by atoms with E-state index in [1.54, 1.807) is 6.07 Å². The molecule has 2 saturated heterocycles. The number of benzene rings is 1. The zero-order chi connectivity index (χ0) is 23.6. The molecule has 2 aliphatic heterocycles. The Labute approximate surface area is 183 Å². The summed E-state index contributed by atoms with van der Waals surface area (Å²) >= 11 is 0. The molecule has 0 radical (unpaired) electrons. The van der Waals surface area contributed by atoms with Gasteiger partial charge in [-0.25, -0.2) is 0 Å². The third-order valence-corrected chi connectivity index (χ3v) is 7.07. The maximum Gasteiger partial charge on any atom is 0.490 e. The fourth-order valence-corrected chi connectivity index (χ4v) is 3.62. The van der Waals surface area contributed by atoms with Crippen LogP contribution < -0.4 is 0 Å². The Bertz CT molecular complexity index is 833. The van der Waals surface area contributed by atoms with Gasteiger partial charge in [-0.3, -0.25) is 0 Å². The van der Waals surface area contributed by atoms with Gasteiger partial charge in [-0.15, -0.1) is 6.58 Å². The van der Waals surface area contributed by atoms with E-state index >= 15 is 0 Å². The van der Waals surface area contributed by atoms with E-state index in [9.17, 15) is 13.2 Å². The molecule has 3 rings (SSSR count). The lowest BCUT2D eigenvalue weighted by molar-refractivity contribution is -0.137. The van der Waals surface area contributed by atoms with Crippen LogP contribution in [0.2, 0.25) is 0 Å². The van der Waals surface area contributed by atoms with Gasteiger partial charge >= 0.3 is 20.4 Å². The topological polar surface area (TPSA) is 36.9 Å². The Morgan fingerprint density at radius 1 is 0.839 bits per heavy atom. The fraction of sp³-hybridized carbons (Fsp3) is 0.636. The second-order valence-electron chi connectivity index (χ2n) is 10.4. The van der Waals surface area contributed by atoms with Crippen molar-refractivity contribution in [1.82, 2.24) is 0 Å². The van der Waals surface area contributed by atoms with Crippen LogP contribution in [0.4, 0.5) is 13.2 Å². The number of hydrogen-bond donors (Lipinski definition) is 0. The van der Waals surface area contributed by atoms with Crippen molar-refractivity contribution in [3.05, 3.63) is 47.4 Å². The van der Waals surface area contributed by atoms with Crippen LogP contribution in [0.3, 0.4) is 0 Å². The summed E-state index contributed by atoms with van der Waals surface area (Å²) in [6, 6.07) is 5.17. The maximum absolute atomic E-state index is 13.4. The van der Waals surface area contributed by atoms with Gasteiger partial charge in [0.2, 0.25) is 0 Å². The number of halogens is 3. The van der Waals surface area contributed by atoms with Crippen molar-refractivity contribution >= 4 is 14.2 Å². The SMILES string of the molecule is C=C(B1OC(C)(C)C(C)(C)O1)[C@@H](B1OC(C)(C)C(C)(C)O1)c1cccc(C(F)(F)F)c1. The molecule has 0 unspecified atom stereocenters. The molecule has 170 valence electrons. The minimum atomic E-state index is -4.47. The largest absolute Gasteiger partial charge is 0.490 e. The van der Waals surface area contributed by atoms with Crippen LogP contribution in [0, 0.1) is 0 Å². The number of allylic oxidation sites excluding steroid dienone is 1. The standard InChI is InChI=1S/C22H31B2F3O4/c1-14(23-28-18(2,3)19(4,5)29-23)17(24-30-20(6,7)21(8,9)31-24)15-11-10-12-16(13-15)22(25,26)27/h10-13,17H,1H2,2-9H3/t17-/m1/s1. The van der Waals surface area contributed by atoms with E-state index in [-0.39, 0.29) is 0 Å². The Kier molecular flexibility index (Phi) is 5.79. The maximum atomic E-state index is 13.4. The van der Waals surface area contributed by atoms with Crippen molar-refractivity contribution in [2.24, 2.45) is 0 Å². The van der Waals surface area contributed by atoms with Gasteiger partial charge in [0.25, 0.3) is 0 Å². The van der Waals surface area contributed by atoms with Gasteiger partial charge in [0.05, 0.1) is 28.0 Å². The normalized spacial score (nSPS) is 25.0. The first kappa shape index (κ1) is 24.4. The number of rotatable bonds is 4. The molecule has 0 aromatic heterocycles. The molecule has 9 heteroatoms. The van der Waals surface area contributed by atoms with E-state index in [1.165, 1.54) is 6.07 Å². The second-order valence-corrected chi connectivity index (χ2v) is 10.4. The van der Waals surface area contributed by atoms with Crippen molar-refractivity contribution in [3.8, 4) is 0 Å². The van der Waals surface area contributed by atoms with Crippen LogP contribution in [0.15, 0.2) is 36.3 Å². The summed E-state index contributed by atoms with van der Waals surface area (Å²) in [7, 11) is -1.66. The molecule has 2 aliphatic rings. The molecular weight excluding hydrogens is 407 g/mol. The first-order valence-corrected chi connectivity index (χ1v) is 10.5. The zero-order valence-electron chi connectivity index (χ0n) is 19.5. The van der Waals surface area contributed by atoms with Gasteiger partial charge < -0.3 is 18.6 Å². The minimum Gasteiger partial charge on any atom is -0.403 e. The molecule has 1 atom stereocenters. The Hall–Kier alpha value is -1.28. The van der Waals surface area contributed by atoms with Gasteiger partial charge in [-0.2, -0.15) is 13.2 Å². The average molecular weight is 438 g/mol. The molecule has 0 N–H and O–H groups in total. The monoisotopic (exact) mass is 438 g/mol. The molecule has 1 aromatic carbocycles. The molecule has 2 fully saturated rings. The van der Waals surface area contributed by atoms with Crippen LogP contribution in [0.25, 0.3) is 0 Å². The summed E-state index contributed by atoms with van der Waals surface area (Å²) in [6.07, 6.45) is -4.47. The highest BCUT2D eigenvalue weighted by Gasteiger charge is 2.58. The van der Waals surface area contributed by atoms with Crippen LogP contribution in [-0.4, -0.2) is 36.6 Å². The molecule has 0 saturated carbocycles. The van der Waals surface area contributed by atoms with Crippen LogP contribution >= 0.6 is 0 Å². The lowest BCUT2D eigenvalue weighted by Crippen LogP contribution is -2.41. The summed E-state index contributed by atoms with van der Waals surface area (Å²) in [4.78, 5) is 0. The fourth-order valence-electron chi connectivity index (χ4n) is 3.62. The lowest BCUT2D eigenvalue weighted by Gasteiger charge is -2.32. The van der Waals surface area contributed by atoms with Crippen LogP contribution in [0.1, 0.15) is 72.3 Å². The van der Waals surface area contributed by atoms with E-state index in [0.29, 0.717) is 11.0 Å². The molecular formula is C22H31B2F3O4. The van der Waals surface area contributed by atoms with Crippen molar-refractivity contribution in [2.45, 2.75) is 89.8 Å². The molecule has 2 heterocycles. The molecule has 1 aromatic rings. The third-order valence-electron chi connectivity index (χ3n) is 7.07. The smallest absolute Gasteiger partial charge is 0.403 e. The summed E-state index contributed by atoms with van der Waals surface area (Å²) in [6.45, 7) is 19.4.